The number of benzene rings is 2. The van der Waals surface area contributed by atoms with E-state index in [1.165, 1.54) is 20.9 Å². The third kappa shape index (κ3) is 4.80. The number of thiophene rings is 1. The maximum Gasteiger partial charge on any atom is 0.207 e. The largest absolute Gasteiger partial charge is 0.255 e. The summed E-state index contributed by atoms with van der Waals surface area (Å²) in [6.07, 6.45) is 5.92. The summed E-state index contributed by atoms with van der Waals surface area (Å²) in [7, 11) is -0.347. The highest BCUT2D eigenvalue weighted by atomic mass is 32.2. The number of nitrogens with zero attached hydrogens (tertiary/aromatic N) is 4. The van der Waals surface area contributed by atoms with E-state index in [4.69, 9.17) is 9.97 Å². The lowest BCUT2D eigenvalue weighted by atomic mass is 9.93. The summed E-state index contributed by atoms with van der Waals surface area (Å²) in [6, 6.07) is 45.6. The molecule has 0 bridgehead atoms. The van der Waals surface area contributed by atoms with Crippen molar-refractivity contribution >= 4 is 10.5 Å². The maximum absolute atomic E-state index is 5.20. The lowest BCUT2D eigenvalue weighted by Crippen LogP contribution is -1.91. The summed E-state index contributed by atoms with van der Waals surface area (Å²) in [5.74, 6) is 0. The van der Waals surface area contributed by atoms with Gasteiger partial charge in [0.1, 0.15) is 17.6 Å². The van der Waals surface area contributed by atoms with Gasteiger partial charge in [0.15, 0.2) is 0 Å². The topological polar surface area (TPSA) is 51.6 Å². The molecule has 4 nitrogen and oxygen atoms in total. The molecule has 7 aromatic rings. The molecule has 5 heterocycles. The zero-order valence-corrected chi connectivity index (χ0v) is 23.9. The van der Waals surface area contributed by atoms with Crippen LogP contribution >= 0.6 is 10.5 Å². The second-order valence-corrected chi connectivity index (χ2v) is 11.7. The first-order valence-corrected chi connectivity index (χ1v) is 15.4. The van der Waals surface area contributed by atoms with Gasteiger partial charge in [0.25, 0.3) is 0 Å². The zero-order valence-electron chi connectivity index (χ0n) is 23.1. The van der Waals surface area contributed by atoms with Crippen LogP contribution in [0.1, 0.15) is 0 Å². The van der Waals surface area contributed by atoms with Crippen molar-refractivity contribution in [3.8, 4) is 66.2 Å². The Balaban J connectivity index is 1.55. The lowest BCUT2D eigenvalue weighted by molar-refractivity contribution is 1.25. The molecule has 42 heavy (non-hydrogen) atoms. The summed E-state index contributed by atoms with van der Waals surface area (Å²) in [6.45, 7) is 0. The molecule has 0 amide bonds. The van der Waals surface area contributed by atoms with Crippen LogP contribution in [-0.2, 0) is 6.26 Å². The van der Waals surface area contributed by atoms with Crippen molar-refractivity contribution in [2.24, 2.45) is 6.26 Å². The van der Waals surface area contributed by atoms with Crippen LogP contribution < -0.4 is 0 Å². The average Bonchev–Trinajstić information content (AvgIpc) is 3.39. The molecule has 0 radical (unpaired) electrons. The number of hydrogen-bond acceptors (Lipinski definition) is 4. The Bertz CT molecular complexity index is 1830. The molecular weight excluding hydrogens is 533 g/mol. The molecule has 0 atom stereocenters. The minimum absolute atomic E-state index is 0.347. The van der Waals surface area contributed by atoms with E-state index < -0.39 is 0 Å². The van der Waals surface area contributed by atoms with Crippen molar-refractivity contribution in [3.63, 3.8) is 0 Å². The molecule has 0 aliphatic heterocycles. The summed E-state index contributed by atoms with van der Waals surface area (Å²) in [5, 5.41) is 0. The van der Waals surface area contributed by atoms with Gasteiger partial charge >= 0.3 is 0 Å². The Labute approximate surface area is 248 Å². The minimum Gasteiger partial charge on any atom is -0.255 e. The normalized spacial score (nSPS) is 11.0. The molecule has 0 aliphatic rings. The highest BCUT2D eigenvalue weighted by molar-refractivity contribution is 7.36. The first kappa shape index (κ1) is 25.7. The van der Waals surface area contributed by atoms with Crippen LogP contribution in [0.25, 0.3) is 66.2 Å². The summed E-state index contributed by atoms with van der Waals surface area (Å²) < 4.78 is 0. The minimum atomic E-state index is -0.347. The third-order valence-corrected chi connectivity index (χ3v) is 9.31. The average molecular weight is 560 g/mol. The van der Waals surface area contributed by atoms with E-state index in [0.29, 0.717) is 0 Å². The predicted molar refractivity (Wildman–Crippen MR) is 174 cm³/mol. The monoisotopic (exact) mass is 559 g/mol. The lowest BCUT2D eigenvalue weighted by Gasteiger charge is -2.08. The van der Waals surface area contributed by atoms with Gasteiger partial charge in [-0.05, 0) is 70.1 Å². The molecule has 5 heteroatoms. The Morgan fingerprint density at radius 3 is 1.17 bits per heavy atom. The Kier molecular flexibility index (Phi) is 6.92. The van der Waals surface area contributed by atoms with E-state index in [2.05, 4.69) is 101 Å². The standard InChI is InChI=1S/C37H27N4S/c1-42-36(32-22-12-20-30(40-32)28-18-8-10-24-38-28)34(26-14-4-2-5-15-26)35(27-16-6-3-7-17-27)37(42)33-23-13-21-31(41-33)29-19-9-11-25-39-29/h2-25H,1H3/q+1. The van der Waals surface area contributed by atoms with Gasteiger partial charge in [-0.1, -0.05) is 84.9 Å². The second-order valence-electron chi connectivity index (χ2n) is 9.90. The molecular formula is C37H27N4S+. The first-order chi connectivity index (χ1) is 20.8. The van der Waals surface area contributed by atoms with Gasteiger partial charge < -0.3 is 0 Å². The second kappa shape index (κ2) is 11.3. The van der Waals surface area contributed by atoms with Crippen molar-refractivity contribution in [2.45, 2.75) is 0 Å². The summed E-state index contributed by atoms with van der Waals surface area (Å²) in [5.41, 5.74) is 10.0. The molecule has 0 unspecified atom stereocenters. The first-order valence-electron chi connectivity index (χ1n) is 13.8. The molecule has 0 saturated heterocycles. The molecule has 7 rings (SSSR count). The predicted octanol–water partition coefficient (Wildman–Crippen LogP) is 9.55. The van der Waals surface area contributed by atoms with Gasteiger partial charge in [0.2, 0.25) is 9.75 Å². The molecule has 0 N–H and O–H groups in total. The number of rotatable bonds is 6. The van der Waals surface area contributed by atoms with Crippen molar-refractivity contribution < 1.29 is 0 Å². The Morgan fingerprint density at radius 1 is 0.381 bits per heavy atom. The van der Waals surface area contributed by atoms with Crippen LogP contribution in [-0.4, -0.2) is 19.9 Å². The van der Waals surface area contributed by atoms with Gasteiger partial charge in [-0.3, -0.25) is 9.97 Å². The molecule has 200 valence electrons. The van der Waals surface area contributed by atoms with Crippen molar-refractivity contribution in [1.82, 2.24) is 19.9 Å². The zero-order chi connectivity index (χ0) is 28.3. The van der Waals surface area contributed by atoms with E-state index in [-0.39, 0.29) is 10.5 Å². The molecule has 0 spiro atoms. The molecule has 0 aliphatic carbocycles. The van der Waals surface area contributed by atoms with Crippen molar-refractivity contribution in [2.75, 3.05) is 0 Å². The van der Waals surface area contributed by atoms with Crippen LogP contribution in [0.3, 0.4) is 0 Å². The van der Waals surface area contributed by atoms with Crippen LogP contribution in [0.15, 0.2) is 146 Å². The number of aromatic nitrogens is 4. The smallest absolute Gasteiger partial charge is 0.207 e. The third-order valence-electron chi connectivity index (χ3n) is 7.26. The van der Waals surface area contributed by atoms with E-state index in [1.807, 2.05) is 60.9 Å². The van der Waals surface area contributed by atoms with E-state index in [0.717, 1.165) is 45.3 Å². The fourth-order valence-corrected chi connectivity index (χ4v) is 7.51. The van der Waals surface area contributed by atoms with Crippen molar-refractivity contribution in [3.05, 3.63) is 146 Å². The molecule has 0 fully saturated rings. The van der Waals surface area contributed by atoms with Crippen molar-refractivity contribution in [1.29, 1.82) is 0 Å². The molecule has 2 aromatic carbocycles. The highest BCUT2D eigenvalue weighted by Gasteiger charge is 2.35. The van der Waals surface area contributed by atoms with E-state index in [9.17, 15) is 0 Å². The van der Waals surface area contributed by atoms with Gasteiger partial charge in [-0.25, -0.2) is 9.97 Å². The van der Waals surface area contributed by atoms with E-state index in [1.54, 1.807) is 0 Å². The summed E-state index contributed by atoms with van der Waals surface area (Å²) in [4.78, 5) is 22.0. The SMILES string of the molecule is C[s+]1c(-c2cccc(-c3ccccn3)n2)c(-c2ccccc2)c(-c2ccccc2)c1-c1cccc(-c2ccccn2)n1. The van der Waals surface area contributed by atoms with E-state index >= 15 is 0 Å². The Hall–Kier alpha value is -5.26. The number of hydrogen-bond donors (Lipinski definition) is 0. The highest BCUT2D eigenvalue weighted by Crippen LogP contribution is 2.56. The summed E-state index contributed by atoms with van der Waals surface area (Å²) >= 11 is 0. The molecule has 5 aromatic heterocycles. The fraction of sp³-hybridized carbons (Fsp3) is 0.0270. The van der Waals surface area contributed by atoms with Crippen LogP contribution in [0.5, 0.6) is 0 Å². The van der Waals surface area contributed by atoms with Crippen LogP contribution in [0, 0.1) is 0 Å². The molecule has 0 saturated carbocycles. The quantitative estimate of drug-likeness (QED) is 0.190. The fourth-order valence-electron chi connectivity index (χ4n) is 5.40. The maximum atomic E-state index is 5.20. The Morgan fingerprint density at radius 2 is 0.762 bits per heavy atom. The van der Waals surface area contributed by atoms with Gasteiger partial charge in [0.05, 0.1) is 33.9 Å². The number of pyridine rings is 4. The van der Waals surface area contributed by atoms with Gasteiger partial charge in [-0.2, -0.15) is 0 Å². The van der Waals surface area contributed by atoms with Crippen LogP contribution in [0.4, 0.5) is 0 Å². The van der Waals surface area contributed by atoms with Crippen LogP contribution in [0.2, 0.25) is 0 Å². The van der Waals surface area contributed by atoms with Gasteiger partial charge in [0, 0.05) is 12.4 Å². The van der Waals surface area contributed by atoms with Gasteiger partial charge in [-0.15, -0.1) is 0 Å².